The predicted molar refractivity (Wildman–Crippen MR) is 180 cm³/mol. The molecule has 1 fully saturated rings. The quantitative estimate of drug-likeness (QED) is 0.137. The zero-order valence-corrected chi connectivity index (χ0v) is 27.4. The highest BCUT2D eigenvalue weighted by molar-refractivity contribution is 8.25. The molecule has 8 nitrogen and oxygen atoms in total. The van der Waals surface area contributed by atoms with Gasteiger partial charge < -0.3 is 20.3 Å². The third-order valence-electron chi connectivity index (χ3n) is 8.57. The molecule has 4 rings (SSSR count). The first-order valence-corrected chi connectivity index (χ1v) is 17.5. The third kappa shape index (κ3) is 8.76. The summed E-state index contributed by atoms with van der Waals surface area (Å²) in [6.07, 6.45) is 6.55. The number of β-amino-alcohol motifs (C(OH)–C–C–N with tert-alkyl or cyclic N) is 1. The first-order chi connectivity index (χ1) is 20.4. The van der Waals surface area contributed by atoms with Gasteiger partial charge in [-0.05, 0) is 76.1 Å². The molecule has 1 saturated heterocycles. The van der Waals surface area contributed by atoms with Crippen LogP contribution in [0, 0.1) is 5.92 Å². The van der Waals surface area contributed by atoms with Crippen LogP contribution in [-0.2, 0) is 13.0 Å². The zero-order valence-electron chi connectivity index (χ0n) is 26.6. The topological polar surface area (TPSA) is 110 Å². The summed E-state index contributed by atoms with van der Waals surface area (Å²) in [5.74, 6) is 0.692. The maximum absolute atomic E-state index is 13.9. The van der Waals surface area contributed by atoms with Crippen molar-refractivity contribution < 1.29 is 19.0 Å². The molecule has 1 amide bonds. The summed E-state index contributed by atoms with van der Waals surface area (Å²) in [6, 6.07) is 15.0. The number of hydrogen-bond acceptors (Lipinski definition) is 6. The van der Waals surface area contributed by atoms with Gasteiger partial charge in [-0.1, -0.05) is 57.0 Å². The molecule has 0 radical (unpaired) electrons. The fraction of sp³-hybridized carbons (Fsp3) is 0.559. The normalized spacial score (nSPS) is 17.7. The lowest BCUT2D eigenvalue weighted by molar-refractivity contribution is 0.0812. The Morgan fingerprint density at radius 1 is 1.09 bits per heavy atom. The fourth-order valence-electron chi connectivity index (χ4n) is 5.94. The number of fused-ring (bicyclic) bond motifs is 1. The summed E-state index contributed by atoms with van der Waals surface area (Å²) in [7, 11) is -2.97. The number of anilines is 1. The molecule has 2 heterocycles. The van der Waals surface area contributed by atoms with Crippen molar-refractivity contribution in [1.29, 1.82) is 0 Å². The Balaban J connectivity index is 1.59. The number of aliphatic hydroxyl groups excluding tert-OH is 1. The number of amides is 1. The Labute approximate surface area is 259 Å². The van der Waals surface area contributed by atoms with Crippen molar-refractivity contribution in [3.05, 3.63) is 65.9 Å². The predicted octanol–water partition coefficient (Wildman–Crippen LogP) is 6.82. The summed E-state index contributed by atoms with van der Waals surface area (Å²) < 4.78 is 25.6. The van der Waals surface area contributed by atoms with Gasteiger partial charge in [0.1, 0.15) is 0 Å². The van der Waals surface area contributed by atoms with Crippen LogP contribution in [0.4, 0.5) is 5.69 Å². The van der Waals surface area contributed by atoms with Gasteiger partial charge >= 0.3 is 0 Å². The van der Waals surface area contributed by atoms with Crippen LogP contribution < -0.4 is 14.9 Å². The van der Waals surface area contributed by atoms with Crippen LogP contribution in [0.5, 0.6) is 0 Å². The van der Waals surface area contributed by atoms with Gasteiger partial charge in [-0.25, -0.2) is 0 Å². The Kier molecular flexibility index (Phi) is 11.2. The van der Waals surface area contributed by atoms with E-state index in [1.165, 1.54) is 6.42 Å². The Morgan fingerprint density at radius 2 is 1.84 bits per heavy atom. The van der Waals surface area contributed by atoms with E-state index < -0.39 is 22.9 Å². The number of aliphatic hydroxyl groups is 1. The monoisotopic (exact) mass is 612 g/mol. The van der Waals surface area contributed by atoms with Crippen molar-refractivity contribution in [3.8, 4) is 0 Å². The number of nitrogens with zero attached hydrogens (tertiary/aromatic N) is 2. The van der Waals surface area contributed by atoms with E-state index in [4.69, 9.17) is 0 Å². The van der Waals surface area contributed by atoms with Crippen LogP contribution in [-0.4, -0.2) is 61.2 Å². The molecule has 5 N–H and O–H groups in total. The Bertz CT molecular complexity index is 1340. The molecule has 0 unspecified atom stereocenters. The molecule has 2 aromatic carbocycles. The van der Waals surface area contributed by atoms with E-state index in [2.05, 4.69) is 42.9 Å². The average Bonchev–Trinajstić information content (AvgIpc) is 3.38. The SMILES string of the molecule is CCn1ccc2c(N3CCCCS3(O)O)cc(C(=O)N[C@@H](Cc3ccccc3)[C@H](O)CNC(C)(C)CCCC(C)C)cc21. The molecule has 238 valence electrons. The second-order valence-electron chi connectivity index (χ2n) is 13.1. The maximum Gasteiger partial charge on any atom is 0.251 e. The highest BCUT2D eigenvalue weighted by Crippen LogP contribution is 2.51. The van der Waals surface area contributed by atoms with Crippen molar-refractivity contribution in [2.75, 3.05) is 23.1 Å². The summed E-state index contributed by atoms with van der Waals surface area (Å²) in [5, 5.41) is 19.0. The smallest absolute Gasteiger partial charge is 0.251 e. The number of carbonyl (C=O) groups is 1. The summed E-state index contributed by atoms with van der Waals surface area (Å²) in [4.78, 5) is 13.9. The number of aromatic nitrogens is 1. The van der Waals surface area contributed by atoms with Crippen molar-refractivity contribution in [2.45, 2.75) is 97.4 Å². The first-order valence-electron chi connectivity index (χ1n) is 15.8. The molecule has 9 heteroatoms. The van der Waals surface area contributed by atoms with Crippen LogP contribution in [0.3, 0.4) is 0 Å². The summed E-state index contributed by atoms with van der Waals surface area (Å²) >= 11 is 0. The third-order valence-corrected chi connectivity index (χ3v) is 10.5. The molecule has 1 aromatic heterocycles. The number of aryl methyl sites for hydroxylation is 1. The number of benzene rings is 2. The molecule has 0 saturated carbocycles. The van der Waals surface area contributed by atoms with Gasteiger partial charge in [-0.2, -0.15) is 0 Å². The van der Waals surface area contributed by atoms with E-state index in [-0.39, 0.29) is 11.4 Å². The summed E-state index contributed by atoms with van der Waals surface area (Å²) in [5.41, 5.74) is 2.86. The van der Waals surface area contributed by atoms with Crippen LogP contribution in [0.15, 0.2) is 54.7 Å². The second-order valence-corrected chi connectivity index (χ2v) is 15.2. The molecule has 0 bridgehead atoms. The van der Waals surface area contributed by atoms with E-state index >= 15 is 0 Å². The van der Waals surface area contributed by atoms with Gasteiger partial charge in [0, 0.05) is 42.3 Å². The lowest BCUT2D eigenvalue weighted by Gasteiger charge is -2.47. The standard InChI is InChI=1S/C34H52N4O4S/c1-6-37-19-16-28-30(37)22-27(23-31(28)38-18-10-11-20-43(38,41)42)33(40)36-29(21-26-14-8-7-9-15-26)32(39)24-35-34(4,5)17-12-13-25(2)3/h7-9,14-16,19,22-23,25,29,32,35,39,41-42H,6,10-13,17-18,20-21,24H2,1-5H3,(H,36,40)/t29-,32+/m0/s1. The summed E-state index contributed by atoms with van der Waals surface area (Å²) in [6.45, 7) is 12.4. The second kappa shape index (κ2) is 14.5. The first kappa shape index (κ1) is 33.3. The molecule has 1 aliphatic heterocycles. The molecule has 0 aliphatic carbocycles. The van der Waals surface area contributed by atoms with Crippen LogP contribution in [0.2, 0.25) is 0 Å². The van der Waals surface area contributed by atoms with Crippen molar-refractivity contribution in [3.63, 3.8) is 0 Å². The van der Waals surface area contributed by atoms with Gasteiger partial charge in [0.25, 0.3) is 5.91 Å². The maximum atomic E-state index is 13.9. The minimum Gasteiger partial charge on any atom is -0.390 e. The fourth-order valence-corrected chi connectivity index (χ4v) is 7.64. The van der Waals surface area contributed by atoms with Crippen molar-refractivity contribution in [1.82, 2.24) is 15.2 Å². The minimum atomic E-state index is -2.97. The molecule has 2 atom stereocenters. The van der Waals surface area contributed by atoms with Gasteiger partial charge in [0.2, 0.25) is 0 Å². The molecular weight excluding hydrogens is 560 g/mol. The number of carbonyl (C=O) groups excluding carboxylic acids is 1. The Hall–Kier alpha value is -2.56. The minimum absolute atomic E-state index is 0.138. The van der Waals surface area contributed by atoms with Crippen molar-refractivity contribution in [2.24, 2.45) is 5.92 Å². The van der Waals surface area contributed by atoms with Gasteiger partial charge in [-0.15, -0.1) is 10.8 Å². The van der Waals surface area contributed by atoms with Gasteiger partial charge in [0.15, 0.2) is 0 Å². The average molecular weight is 613 g/mol. The zero-order chi connectivity index (χ0) is 31.2. The molecule has 3 aromatic rings. The van der Waals surface area contributed by atoms with E-state index in [1.54, 1.807) is 10.4 Å². The number of nitrogens with one attached hydrogen (secondary N) is 2. The number of hydrogen-bond donors (Lipinski definition) is 5. The number of rotatable bonds is 14. The molecule has 1 aliphatic rings. The highest BCUT2D eigenvalue weighted by atomic mass is 32.3. The van der Waals surface area contributed by atoms with E-state index in [1.807, 2.05) is 55.6 Å². The van der Waals surface area contributed by atoms with Gasteiger partial charge in [0.05, 0.1) is 29.1 Å². The molecular formula is C34H52N4O4S. The lowest BCUT2D eigenvalue weighted by atomic mass is 9.93. The Morgan fingerprint density at radius 3 is 2.51 bits per heavy atom. The van der Waals surface area contributed by atoms with Crippen LogP contribution >= 0.6 is 10.8 Å². The lowest BCUT2D eigenvalue weighted by Crippen LogP contribution is -2.52. The van der Waals surface area contributed by atoms with E-state index in [0.717, 1.165) is 48.7 Å². The van der Waals surface area contributed by atoms with Crippen LogP contribution in [0.1, 0.15) is 82.6 Å². The van der Waals surface area contributed by atoms with Crippen LogP contribution in [0.25, 0.3) is 10.9 Å². The van der Waals surface area contributed by atoms with Gasteiger partial charge in [-0.3, -0.25) is 18.2 Å². The van der Waals surface area contributed by atoms with Crippen molar-refractivity contribution >= 4 is 33.3 Å². The molecule has 43 heavy (non-hydrogen) atoms. The highest BCUT2D eigenvalue weighted by Gasteiger charge is 2.30. The largest absolute Gasteiger partial charge is 0.390 e. The molecule has 0 spiro atoms. The van der Waals surface area contributed by atoms with E-state index in [0.29, 0.717) is 42.4 Å². The van der Waals surface area contributed by atoms with E-state index in [9.17, 15) is 19.0 Å².